The molecule has 1 aromatic carbocycles. The van der Waals surface area contributed by atoms with Crippen molar-refractivity contribution >= 4 is 23.2 Å². The summed E-state index contributed by atoms with van der Waals surface area (Å²) in [5, 5.41) is 7.63. The quantitative estimate of drug-likeness (QED) is 0.767. The molecule has 3 aromatic rings. The average Bonchev–Trinajstić information content (AvgIpc) is 2.96. The Morgan fingerprint density at radius 2 is 1.96 bits per heavy atom. The maximum atomic E-state index is 13.2. The van der Waals surface area contributed by atoms with Crippen LogP contribution in [0.2, 0.25) is 5.02 Å². The molecule has 0 fully saturated rings. The minimum Gasteiger partial charge on any atom is -0.382 e. The van der Waals surface area contributed by atoms with Gasteiger partial charge in [0.15, 0.2) is 5.82 Å². The highest BCUT2D eigenvalue weighted by atomic mass is 35.5. The number of hydrogen-bond donors (Lipinski definition) is 2. The van der Waals surface area contributed by atoms with E-state index in [9.17, 15) is 4.39 Å². The molecule has 0 spiro atoms. The summed E-state index contributed by atoms with van der Waals surface area (Å²) >= 11 is 6.15. The first-order valence-electron chi connectivity index (χ1n) is 6.81. The van der Waals surface area contributed by atoms with E-state index in [4.69, 9.17) is 17.3 Å². The fourth-order valence-electron chi connectivity index (χ4n) is 2.22. The van der Waals surface area contributed by atoms with E-state index in [0.717, 1.165) is 11.1 Å². The molecule has 23 heavy (non-hydrogen) atoms. The SMILES string of the molecule is Cn1cc(C(Nc2ncnc(N)c2Cl)c2ccc(F)cc2)cn1. The molecule has 3 rings (SSSR count). The van der Waals surface area contributed by atoms with Crippen LogP contribution >= 0.6 is 11.6 Å². The molecule has 0 radical (unpaired) electrons. The fraction of sp³-hybridized carbons (Fsp3) is 0.133. The first-order chi connectivity index (χ1) is 11.0. The number of halogens is 2. The van der Waals surface area contributed by atoms with Crippen LogP contribution in [0, 0.1) is 5.82 Å². The highest BCUT2D eigenvalue weighted by Gasteiger charge is 2.18. The largest absolute Gasteiger partial charge is 0.382 e. The third-order valence-corrected chi connectivity index (χ3v) is 3.73. The first kappa shape index (κ1) is 15.2. The molecule has 0 saturated carbocycles. The second kappa shape index (κ2) is 6.21. The Hall–Kier alpha value is -2.67. The van der Waals surface area contributed by atoms with E-state index >= 15 is 0 Å². The minimum absolute atomic E-state index is 0.188. The molecule has 0 saturated heterocycles. The van der Waals surface area contributed by atoms with Gasteiger partial charge >= 0.3 is 0 Å². The molecule has 1 unspecified atom stereocenters. The molecule has 118 valence electrons. The summed E-state index contributed by atoms with van der Waals surface area (Å²) in [5.74, 6) is 0.286. The van der Waals surface area contributed by atoms with Crippen molar-refractivity contribution in [3.63, 3.8) is 0 Å². The molecule has 2 heterocycles. The third-order valence-electron chi connectivity index (χ3n) is 3.36. The Kier molecular flexibility index (Phi) is 4.12. The standard InChI is InChI=1S/C15H14ClFN6/c1-23-7-10(6-21-23)13(9-2-4-11(17)5-3-9)22-15-12(16)14(18)19-8-20-15/h2-8,13H,1H3,(H3,18,19,20,22). The maximum Gasteiger partial charge on any atom is 0.151 e. The van der Waals surface area contributed by atoms with Crippen LogP contribution in [0.4, 0.5) is 16.0 Å². The summed E-state index contributed by atoms with van der Waals surface area (Å²) in [6.07, 6.45) is 4.91. The van der Waals surface area contributed by atoms with Crippen molar-refractivity contribution in [1.82, 2.24) is 19.7 Å². The highest BCUT2D eigenvalue weighted by molar-refractivity contribution is 6.35. The van der Waals surface area contributed by atoms with Gasteiger partial charge in [-0.3, -0.25) is 4.68 Å². The molecule has 0 aliphatic carbocycles. The van der Waals surface area contributed by atoms with Crippen LogP contribution in [0.1, 0.15) is 17.2 Å². The third kappa shape index (κ3) is 3.24. The number of hydrogen-bond acceptors (Lipinski definition) is 5. The Morgan fingerprint density at radius 3 is 2.61 bits per heavy atom. The molecule has 0 aliphatic rings. The topological polar surface area (TPSA) is 81.7 Å². The van der Waals surface area contributed by atoms with Crippen LogP contribution in [-0.4, -0.2) is 19.7 Å². The van der Waals surface area contributed by atoms with Crippen molar-refractivity contribution in [2.24, 2.45) is 7.05 Å². The van der Waals surface area contributed by atoms with E-state index in [1.54, 1.807) is 23.0 Å². The predicted octanol–water partition coefficient (Wildman–Crippen LogP) is 2.79. The van der Waals surface area contributed by atoms with Crippen LogP contribution in [0.3, 0.4) is 0 Å². The molecule has 6 nitrogen and oxygen atoms in total. The molecular weight excluding hydrogens is 319 g/mol. The van der Waals surface area contributed by atoms with Crippen LogP contribution in [-0.2, 0) is 7.05 Å². The van der Waals surface area contributed by atoms with Crippen molar-refractivity contribution in [3.8, 4) is 0 Å². The number of benzene rings is 1. The molecule has 0 aliphatic heterocycles. The summed E-state index contributed by atoms with van der Waals surface area (Å²) in [4.78, 5) is 7.96. The molecule has 1 atom stereocenters. The van der Waals surface area contributed by atoms with Crippen molar-refractivity contribution in [1.29, 1.82) is 0 Å². The first-order valence-corrected chi connectivity index (χ1v) is 7.19. The summed E-state index contributed by atoms with van der Waals surface area (Å²) < 4.78 is 14.9. The van der Waals surface area contributed by atoms with Gasteiger partial charge in [0.1, 0.15) is 23.0 Å². The minimum atomic E-state index is -0.309. The number of nitrogens with two attached hydrogens (primary N) is 1. The van der Waals surface area contributed by atoms with Gasteiger partial charge in [-0.05, 0) is 17.7 Å². The van der Waals surface area contributed by atoms with Gasteiger partial charge in [0.2, 0.25) is 0 Å². The number of nitrogens with one attached hydrogen (secondary N) is 1. The van der Waals surface area contributed by atoms with E-state index in [-0.39, 0.29) is 22.7 Å². The maximum absolute atomic E-state index is 13.2. The van der Waals surface area contributed by atoms with Gasteiger partial charge in [0, 0.05) is 18.8 Å². The van der Waals surface area contributed by atoms with Gasteiger partial charge in [0.05, 0.1) is 12.2 Å². The molecular formula is C15H14ClFN6. The van der Waals surface area contributed by atoms with Crippen molar-refractivity contribution in [2.45, 2.75) is 6.04 Å². The van der Waals surface area contributed by atoms with Gasteiger partial charge in [-0.2, -0.15) is 5.10 Å². The lowest BCUT2D eigenvalue weighted by atomic mass is 10.0. The number of anilines is 2. The van der Waals surface area contributed by atoms with Crippen molar-refractivity contribution in [3.05, 3.63) is 65.0 Å². The lowest BCUT2D eigenvalue weighted by molar-refractivity contribution is 0.626. The summed E-state index contributed by atoms with van der Waals surface area (Å²) in [6.45, 7) is 0. The van der Waals surface area contributed by atoms with Gasteiger partial charge in [-0.25, -0.2) is 14.4 Å². The normalized spacial score (nSPS) is 12.1. The Balaban J connectivity index is 2.01. The van der Waals surface area contributed by atoms with Crippen LogP contribution in [0.5, 0.6) is 0 Å². The lowest BCUT2D eigenvalue weighted by Gasteiger charge is -2.19. The lowest BCUT2D eigenvalue weighted by Crippen LogP contribution is -2.14. The van der Waals surface area contributed by atoms with Crippen LogP contribution in [0.25, 0.3) is 0 Å². The van der Waals surface area contributed by atoms with E-state index in [2.05, 4.69) is 20.4 Å². The predicted molar refractivity (Wildman–Crippen MR) is 86.5 cm³/mol. The Morgan fingerprint density at radius 1 is 1.22 bits per heavy atom. The average molecular weight is 333 g/mol. The number of nitrogen functional groups attached to an aromatic ring is 1. The number of aromatic nitrogens is 4. The number of rotatable bonds is 4. The molecule has 3 N–H and O–H groups in total. The van der Waals surface area contributed by atoms with Gasteiger partial charge < -0.3 is 11.1 Å². The van der Waals surface area contributed by atoms with Crippen LogP contribution < -0.4 is 11.1 Å². The van der Waals surface area contributed by atoms with Crippen molar-refractivity contribution < 1.29 is 4.39 Å². The molecule has 0 bridgehead atoms. The van der Waals surface area contributed by atoms with Crippen LogP contribution in [0.15, 0.2) is 43.0 Å². The highest BCUT2D eigenvalue weighted by Crippen LogP contribution is 2.30. The molecule has 0 amide bonds. The molecule has 8 heteroatoms. The second-order valence-electron chi connectivity index (χ2n) is 5.00. The summed E-state index contributed by atoms with van der Waals surface area (Å²) in [6, 6.07) is 5.87. The number of aryl methyl sites for hydroxylation is 1. The zero-order valence-electron chi connectivity index (χ0n) is 12.2. The van der Waals surface area contributed by atoms with Gasteiger partial charge in [-0.15, -0.1) is 0 Å². The monoisotopic (exact) mass is 332 g/mol. The second-order valence-corrected chi connectivity index (χ2v) is 5.38. The fourth-order valence-corrected chi connectivity index (χ4v) is 2.38. The Bertz CT molecular complexity index is 817. The van der Waals surface area contributed by atoms with E-state index in [0.29, 0.717) is 5.82 Å². The van der Waals surface area contributed by atoms with E-state index in [1.165, 1.54) is 18.5 Å². The van der Waals surface area contributed by atoms with Gasteiger partial charge in [0.25, 0.3) is 0 Å². The number of nitrogens with zero attached hydrogens (tertiary/aromatic N) is 4. The van der Waals surface area contributed by atoms with E-state index < -0.39 is 0 Å². The zero-order valence-corrected chi connectivity index (χ0v) is 13.0. The summed E-state index contributed by atoms with van der Waals surface area (Å²) in [5.41, 5.74) is 7.43. The Labute approximate surface area is 137 Å². The molecule has 2 aromatic heterocycles. The summed E-state index contributed by atoms with van der Waals surface area (Å²) in [7, 11) is 1.82. The van der Waals surface area contributed by atoms with Gasteiger partial charge in [-0.1, -0.05) is 23.7 Å². The van der Waals surface area contributed by atoms with E-state index in [1.807, 2.05) is 13.2 Å². The zero-order chi connectivity index (χ0) is 16.4. The van der Waals surface area contributed by atoms with Crippen molar-refractivity contribution in [2.75, 3.05) is 11.1 Å². The smallest absolute Gasteiger partial charge is 0.151 e.